The van der Waals surface area contributed by atoms with Crippen LogP contribution in [-0.2, 0) is 12.1 Å². The predicted octanol–water partition coefficient (Wildman–Crippen LogP) is 3.89. The molecule has 0 amide bonds. The Balaban J connectivity index is 0.00000512. The lowest BCUT2D eigenvalue weighted by Crippen LogP contribution is -2.44. The highest BCUT2D eigenvalue weighted by Gasteiger charge is 2.27. The number of hydrogen-bond donors (Lipinski definition) is 3. The smallest absolute Gasteiger partial charge is 0.191 e. The minimum atomic E-state index is -1.13. The van der Waals surface area contributed by atoms with E-state index in [0.717, 1.165) is 43.3 Å². The Morgan fingerprint density at radius 2 is 1.78 bits per heavy atom. The van der Waals surface area contributed by atoms with E-state index in [2.05, 4.69) is 34.4 Å². The number of halogens is 1. The lowest BCUT2D eigenvalue weighted by molar-refractivity contribution is 0.0378. The number of ether oxygens (including phenoxy) is 1. The van der Waals surface area contributed by atoms with Crippen LogP contribution < -0.4 is 15.4 Å². The van der Waals surface area contributed by atoms with E-state index in [1.165, 1.54) is 0 Å². The van der Waals surface area contributed by atoms with Gasteiger partial charge in [-0.3, -0.25) is 0 Å². The summed E-state index contributed by atoms with van der Waals surface area (Å²) in [5, 5.41) is 17.1. The Hall–Kier alpha value is -1.78. The lowest BCUT2D eigenvalue weighted by Gasteiger charge is -2.22. The number of benzene rings is 1. The Morgan fingerprint density at radius 1 is 1.09 bits per heavy atom. The molecule has 0 spiro atoms. The molecule has 7 nitrogen and oxygen atoms in total. The van der Waals surface area contributed by atoms with Gasteiger partial charge in [0, 0.05) is 13.1 Å². The maximum absolute atomic E-state index is 10.7. The van der Waals surface area contributed by atoms with Gasteiger partial charge in [0.25, 0.3) is 0 Å². The van der Waals surface area contributed by atoms with Gasteiger partial charge in [-0.25, -0.2) is 4.99 Å². The van der Waals surface area contributed by atoms with E-state index in [1.54, 1.807) is 13.0 Å². The molecule has 0 aliphatic rings. The van der Waals surface area contributed by atoms with Crippen LogP contribution in [0.3, 0.4) is 0 Å². The lowest BCUT2D eigenvalue weighted by atomic mass is 10.0. The second-order valence-electron chi connectivity index (χ2n) is 7.75. The second kappa shape index (κ2) is 14.4. The van der Waals surface area contributed by atoms with E-state index in [1.807, 2.05) is 44.2 Å². The summed E-state index contributed by atoms with van der Waals surface area (Å²) < 4.78 is 11.4. The summed E-state index contributed by atoms with van der Waals surface area (Å²) in [6.45, 7) is 15.1. The average molecular weight is 559 g/mol. The van der Waals surface area contributed by atoms with Gasteiger partial charge >= 0.3 is 0 Å². The second-order valence-corrected chi connectivity index (χ2v) is 7.75. The first-order valence-corrected chi connectivity index (χ1v) is 11.1. The summed E-state index contributed by atoms with van der Waals surface area (Å²) >= 11 is 0. The summed E-state index contributed by atoms with van der Waals surface area (Å²) in [4.78, 5) is 6.96. The Morgan fingerprint density at radius 3 is 2.34 bits per heavy atom. The molecule has 2 aromatic rings. The molecule has 0 saturated carbocycles. The normalized spacial score (nSPS) is 13.4. The molecule has 1 unspecified atom stereocenters. The van der Waals surface area contributed by atoms with Crippen LogP contribution in [0.5, 0.6) is 5.75 Å². The van der Waals surface area contributed by atoms with Crippen LogP contribution in [-0.4, -0.2) is 55.3 Å². The summed E-state index contributed by atoms with van der Waals surface area (Å²) in [6, 6.07) is 11.7. The van der Waals surface area contributed by atoms with E-state index in [0.29, 0.717) is 24.9 Å². The SMILES string of the molecule is CCNC(=NCc1ccc(OCCN(CC)CC)cc1)NCC(C)(O)c1ccc(C)o1.I. The summed E-state index contributed by atoms with van der Waals surface area (Å²) in [5.74, 6) is 2.82. The third-order valence-electron chi connectivity index (χ3n) is 5.13. The highest BCUT2D eigenvalue weighted by atomic mass is 127. The number of furan rings is 1. The maximum atomic E-state index is 10.7. The van der Waals surface area contributed by atoms with Crippen LogP contribution in [0.2, 0.25) is 0 Å². The average Bonchev–Trinajstić information content (AvgIpc) is 3.21. The van der Waals surface area contributed by atoms with Crippen molar-refractivity contribution < 1.29 is 14.3 Å². The number of guanidine groups is 1. The topological polar surface area (TPSA) is 82.3 Å². The number of hydrogen-bond acceptors (Lipinski definition) is 5. The first-order valence-electron chi connectivity index (χ1n) is 11.1. The number of rotatable bonds is 12. The number of nitrogens with one attached hydrogen (secondary N) is 2. The fourth-order valence-corrected chi connectivity index (χ4v) is 3.10. The molecule has 1 heterocycles. The minimum Gasteiger partial charge on any atom is -0.492 e. The summed E-state index contributed by atoms with van der Waals surface area (Å²) in [7, 11) is 0. The van der Waals surface area contributed by atoms with E-state index in [4.69, 9.17) is 9.15 Å². The Bertz CT molecular complexity index is 802. The molecule has 2 rings (SSSR count). The first-order chi connectivity index (χ1) is 14.9. The van der Waals surface area contributed by atoms with Crippen LogP contribution in [0.1, 0.15) is 44.8 Å². The maximum Gasteiger partial charge on any atom is 0.191 e. The van der Waals surface area contributed by atoms with E-state index in [-0.39, 0.29) is 30.5 Å². The van der Waals surface area contributed by atoms with Crippen molar-refractivity contribution in [1.29, 1.82) is 0 Å². The van der Waals surface area contributed by atoms with Crippen LogP contribution in [0.4, 0.5) is 0 Å². The van der Waals surface area contributed by atoms with Gasteiger partial charge in [-0.05, 0) is 63.7 Å². The number of aliphatic imine (C=N–C) groups is 1. The highest BCUT2D eigenvalue weighted by Crippen LogP contribution is 2.21. The van der Waals surface area contributed by atoms with E-state index in [9.17, 15) is 5.11 Å². The van der Waals surface area contributed by atoms with Crippen molar-refractivity contribution in [1.82, 2.24) is 15.5 Å². The predicted molar refractivity (Wildman–Crippen MR) is 141 cm³/mol. The molecule has 0 fully saturated rings. The minimum absolute atomic E-state index is 0. The standard InChI is InChI=1S/C24H38N4O3.HI/c1-6-25-23(27-18-24(5,29)22-14-9-19(4)31-22)26-17-20-10-12-21(13-11-20)30-16-15-28(7-2)8-3;/h9-14,29H,6-8,15-18H2,1-5H3,(H2,25,26,27);1H. The third-order valence-corrected chi connectivity index (χ3v) is 5.13. The van der Waals surface area contributed by atoms with Crippen molar-refractivity contribution in [3.63, 3.8) is 0 Å². The van der Waals surface area contributed by atoms with Crippen LogP contribution in [0.15, 0.2) is 45.8 Å². The van der Waals surface area contributed by atoms with Gasteiger partial charge in [-0.15, -0.1) is 24.0 Å². The first kappa shape index (κ1) is 28.3. The zero-order chi connectivity index (χ0) is 22.7. The molecule has 180 valence electrons. The third kappa shape index (κ3) is 9.38. The van der Waals surface area contributed by atoms with Crippen molar-refractivity contribution in [2.24, 2.45) is 4.99 Å². The van der Waals surface area contributed by atoms with E-state index < -0.39 is 5.60 Å². The summed E-state index contributed by atoms with van der Waals surface area (Å²) in [5.41, 5.74) is -0.0455. The Kier molecular flexibility index (Phi) is 12.7. The van der Waals surface area contributed by atoms with Gasteiger partial charge in [0.05, 0.1) is 13.1 Å². The fourth-order valence-electron chi connectivity index (χ4n) is 3.10. The molecule has 1 atom stereocenters. The van der Waals surface area contributed by atoms with Crippen molar-refractivity contribution in [2.45, 2.75) is 46.8 Å². The van der Waals surface area contributed by atoms with Gasteiger partial charge in [0.1, 0.15) is 29.5 Å². The van der Waals surface area contributed by atoms with Gasteiger partial charge in [-0.1, -0.05) is 26.0 Å². The molecule has 32 heavy (non-hydrogen) atoms. The number of aliphatic hydroxyl groups is 1. The quantitative estimate of drug-likeness (QED) is 0.209. The van der Waals surface area contributed by atoms with Crippen molar-refractivity contribution in [3.05, 3.63) is 53.5 Å². The molecule has 0 radical (unpaired) electrons. The number of nitrogens with zero attached hydrogens (tertiary/aromatic N) is 2. The van der Waals surface area contributed by atoms with Crippen LogP contribution in [0, 0.1) is 6.92 Å². The van der Waals surface area contributed by atoms with Gasteiger partial charge in [0.15, 0.2) is 5.96 Å². The molecule has 1 aromatic heterocycles. The monoisotopic (exact) mass is 558 g/mol. The molecule has 0 bridgehead atoms. The molecule has 8 heteroatoms. The molecular weight excluding hydrogens is 519 g/mol. The molecule has 0 aliphatic carbocycles. The molecule has 3 N–H and O–H groups in total. The van der Waals surface area contributed by atoms with Crippen LogP contribution >= 0.6 is 24.0 Å². The van der Waals surface area contributed by atoms with Crippen LogP contribution in [0.25, 0.3) is 0 Å². The molecular formula is C24H39IN4O3. The fraction of sp³-hybridized carbons (Fsp3) is 0.542. The van der Waals surface area contributed by atoms with Crippen molar-refractivity contribution in [3.8, 4) is 5.75 Å². The Labute approximate surface area is 209 Å². The van der Waals surface area contributed by atoms with Gasteiger partial charge < -0.3 is 29.8 Å². The zero-order valence-electron chi connectivity index (χ0n) is 20.0. The number of likely N-dealkylation sites (N-methyl/N-ethyl adjacent to an activating group) is 1. The number of aryl methyl sites for hydroxylation is 1. The molecule has 0 saturated heterocycles. The van der Waals surface area contributed by atoms with E-state index >= 15 is 0 Å². The summed E-state index contributed by atoms with van der Waals surface area (Å²) in [6.07, 6.45) is 0. The largest absolute Gasteiger partial charge is 0.492 e. The zero-order valence-corrected chi connectivity index (χ0v) is 22.3. The van der Waals surface area contributed by atoms with Crippen molar-refractivity contribution >= 4 is 29.9 Å². The van der Waals surface area contributed by atoms with Crippen molar-refractivity contribution in [2.75, 3.05) is 39.3 Å². The highest BCUT2D eigenvalue weighted by molar-refractivity contribution is 14.0. The molecule has 0 aliphatic heterocycles. The van der Waals surface area contributed by atoms with Gasteiger partial charge in [0.2, 0.25) is 0 Å². The molecule has 1 aromatic carbocycles. The van der Waals surface area contributed by atoms with Gasteiger partial charge in [-0.2, -0.15) is 0 Å².